The van der Waals surface area contributed by atoms with Crippen molar-refractivity contribution in [3.8, 4) is 0 Å². The molecule has 8 heteroatoms. The zero-order valence-corrected chi connectivity index (χ0v) is 18.4. The first-order valence-electron chi connectivity index (χ1n) is 11.1. The van der Waals surface area contributed by atoms with E-state index >= 15 is 0 Å². The first-order valence-corrected chi connectivity index (χ1v) is 11.1. The molecule has 6 N–H and O–H groups in total. The van der Waals surface area contributed by atoms with E-state index in [4.69, 9.17) is 15.6 Å². The molecule has 30 heavy (non-hydrogen) atoms. The number of rotatable bonds is 18. The lowest BCUT2D eigenvalue weighted by molar-refractivity contribution is -0.164. The fraction of sp³-hybridized carbons (Fsp3) is 0.818. The van der Waals surface area contributed by atoms with Crippen molar-refractivity contribution in [1.82, 2.24) is 0 Å². The summed E-state index contributed by atoms with van der Waals surface area (Å²) in [6.07, 6.45) is 9.29. The smallest absolute Gasteiger partial charge is 0.323 e. The number of aliphatic hydroxyl groups excluding tert-OH is 3. The number of carboxylic acid groups (broad SMARTS) is 1. The summed E-state index contributed by atoms with van der Waals surface area (Å²) in [6.45, 7) is 3.27. The van der Waals surface area contributed by atoms with E-state index in [1.807, 2.05) is 0 Å². The third-order valence-electron chi connectivity index (χ3n) is 5.01. The van der Waals surface area contributed by atoms with Gasteiger partial charge < -0.3 is 30.9 Å². The minimum absolute atomic E-state index is 0.210. The Labute approximate surface area is 180 Å². The van der Waals surface area contributed by atoms with Gasteiger partial charge in [-0.25, -0.2) is 0 Å². The number of allylic oxidation sites excluding steroid dienone is 1. The second-order valence-electron chi connectivity index (χ2n) is 7.84. The minimum Gasteiger partial charge on any atom is -0.480 e. The Morgan fingerprint density at radius 3 is 2.07 bits per heavy atom. The normalized spacial score (nSPS) is 16.7. The lowest BCUT2D eigenvalue weighted by Crippen LogP contribution is -2.53. The predicted molar refractivity (Wildman–Crippen MR) is 115 cm³/mol. The fourth-order valence-electron chi connectivity index (χ4n) is 3.18. The predicted octanol–water partition coefficient (Wildman–Crippen LogP) is 2.28. The van der Waals surface area contributed by atoms with Gasteiger partial charge in [0.2, 0.25) is 0 Å². The first kappa shape index (κ1) is 28.5. The van der Waals surface area contributed by atoms with Crippen molar-refractivity contribution in [2.45, 2.75) is 115 Å². The van der Waals surface area contributed by atoms with Crippen molar-refractivity contribution in [3.63, 3.8) is 0 Å². The van der Waals surface area contributed by atoms with Crippen LogP contribution in [0.15, 0.2) is 12.2 Å². The lowest BCUT2D eigenvalue weighted by atomic mass is 10.00. The maximum Gasteiger partial charge on any atom is 0.323 e. The molecule has 5 atom stereocenters. The van der Waals surface area contributed by atoms with Crippen molar-refractivity contribution >= 4 is 11.9 Å². The number of aliphatic carboxylic acids is 1. The summed E-state index contributed by atoms with van der Waals surface area (Å²) in [7, 11) is 0. The van der Waals surface area contributed by atoms with E-state index in [9.17, 15) is 24.9 Å². The fourth-order valence-corrected chi connectivity index (χ4v) is 3.18. The van der Waals surface area contributed by atoms with Gasteiger partial charge >= 0.3 is 11.9 Å². The Morgan fingerprint density at radius 2 is 1.53 bits per heavy atom. The summed E-state index contributed by atoms with van der Waals surface area (Å²) in [5.41, 5.74) is 5.36. The molecule has 0 saturated heterocycles. The number of hydrogen-bond donors (Lipinski definition) is 5. The van der Waals surface area contributed by atoms with E-state index in [-0.39, 0.29) is 6.10 Å². The molecular formula is C22H41NO7. The van der Waals surface area contributed by atoms with Crippen LogP contribution in [-0.4, -0.2) is 62.8 Å². The average molecular weight is 432 g/mol. The number of ether oxygens (including phenoxy) is 1. The highest BCUT2D eigenvalue weighted by molar-refractivity contribution is 5.74. The van der Waals surface area contributed by atoms with Crippen molar-refractivity contribution in [1.29, 1.82) is 0 Å². The SMILES string of the molecule is CCCCCC[C@H](O)CCCCCC/C=C/[C@H](O)[C@@H](OC(C)=O)[C@H](O)[C@H](N)C(=O)O. The van der Waals surface area contributed by atoms with Crippen molar-refractivity contribution in [2.75, 3.05) is 0 Å². The molecule has 0 aromatic carbocycles. The molecule has 0 heterocycles. The standard InChI is InChI=1S/C22H41NO7/c1-3-4-5-10-13-17(25)14-11-8-6-7-9-12-15-18(26)21(30-16(2)24)20(27)19(23)22(28)29/h12,15,17-21,25-27H,3-11,13-14,23H2,1-2H3,(H,28,29)/b15-12+/t17-,18-,19-,20+,21+/m0/s1. The molecule has 0 amide bonds. The van der Waals surface area contributed by atoms with E-state index in [0.717, 1.165) is 51.9 Å². The Bertz CT molecular complexity index is 498. The molecule has 0 spiro atoms. The van der Waals surface area contributed by atoms with Crippen molar-refractivity contribution in [3.05, 3.63) is 12.2 Å². The van der Waals surface area contributed by atoms with Gasteiger partial charge in [-0.2, -0.15) is 0 Å². The molecule has 0 aliphatic heterocycles. The quantitative estimate of drug-likeness (QED) is 0.126. The molecule has 0 saturated carbocycles. The zero-order valence-electron chi connectivity index (χ0n) is 18.4. The highest BCUT2D eigenvalue weighted by Crippen LogP contribution is 2.14. The number of hydrogen-bond acceptors (Lipinski definition) is 7. The number of carbonyl (C=O) groups excluding carboxylic acids is 1. The summed E-state index contributed by atoms with van der Waals surface area (Å²) in [6, 6.07) is -1.68. The topological polar surface area (TPSA) is 150 Å². The summed E-state index contributed by atoms with van der Waals surface area (Å²) < 4.78 is 4.86. The van der Waals surface area contributed by atoms with Crippen molar-refractivity contribution in [2.24, 2.45) is 5.73 Å². The van der Waals surface area contributed by atoms with Gasteiger partial charge in [0, 0.05) is 6.92 Å². The van der Waals surface area contributed by atoms with E-state index in [2.05, 4.69) is 6.92 Å². The van der Waals surface area contributed by atoms with Crippen LogP contribution in [0.5, 0.6) is 0 Å². The number of esters is 1. The summed E-state index contributed by atoms with van der Waals surface area (Å²) in [4.78, 5) is 22.1. The van der Waals surface area contributed by atoms with Crippen LogP contribution in [0, 0.1) is 0 Å². The average Bonchev–Trinajstić information content (AvgIpc) is 2.69. The molecule has 0 aliphatic carbocycles. The largest absolute Gasteiger partial charge is 0.480 e. The Morgan fingerprint density at radius 1 is 0.967 bits per heavy atom. The van der Waals surface area contributed by atoms with Crippen molar-refractivity contribution < 1.29 is 34.8 Å². The summed E-state index contributed by atoms with van der Waals surface area (Å²) in [5, 5.41) is 39.0. The molecule has 8 nitrogen and oxygen atoms in total. The maximum absolute atomic E-state index is 11.2. The molecular weight excluding hydrogens is 390 g/mol. The Hall–Kier alpha value is -1.48. The number of unbranched alkanes of at least 4 members (excludes halogenated alkanes) is 7. The molecule has 0 aromatic rings. The summed E-state index contributed by atoms with van der Waals surface area (Å²) >= 11 is 0. The van der Waals surface area contributed by atoms with Gasteiger partial charge in [0.25, 0.3) is 0 Å². The van der Waals surface area contributed by atoms with Gasteiger partial charge in [-0.15, -0.1) is 0 Å². The molecule has 0 fully saturated rings. The van der Waals surface area contributed by atoms with Crippen LogP contribution >= 0.6 is 0 Å². The molecule has 0 bridgehead atoms. The Kier molecular flexibility index (Phi) is 16.4. The van der Waals surface area contributed by atoms with E-state index in [0.29, 0.717) is 6.42 Å². The van der Waals surface area contributed by atoms with Crippen LogP contribution in [0.4, 0.5) is 0 Å². The maximum atomic E-state index is 11.2. The molecule has 0 radical (unpaired) electrons. The first-order chi connectivity index (χ1) is 14.2. The van der Waals surface area contributed by atoms with E-state index in [1.54, 1.807) is 6.08 Å². The molecule has 0 rings (SSSR count). The lowest BCUT2D eigenvalue weighted by Gasteiger charge is -2.27. The highest BCUT2D eigenvalue weighted by atomic mass is 16.6. The van der Waals surface area contributed by atoms with Crippen LogP contribution in [0.2, 0.25) is 0 Å². The van der Waals surface area contributed by atoms with Crippen LogP contribution in [0.3, 0.4) is 0 Å². The number of carboxylic acids is 1. The monoisotopic (exact) mass is 431 g/mol. The second-order valence-corrected chi connectivity index (χ2v) is 7.84. The number of aliphatic hydroxyl groups is 3. The van der Waals surface area contributed by atoms with Gasteiger partial charge in [0.1, 0.15) is 18.2 Å². The van der Waals surface area contributed by atoms with Gasteiger partial charge in [-0.05, 0) is 25.7 Å². The molecule has 0 aliphatic rings. The van der Waals surface area contributed by atoms with Crippen LogP contribution in [0.25, 0.3) is 0 Å². The summed E-state index contributed by atoms with van der Waals surface area (Å²) in [5.74, 6) is -2.21. The van der Waals surface area contributed by atoms with E-state index in [1.165, 1.54) is 25.3 Å². The third kappa shape index (κ3) is 13.7. The van der Waals surface area contributed by atoms with Gasteiger partial charge in [0.15, 0.2) is 6.10 Å². The van der Waals surface area contributed by atoms with Gasteiger partial charge in [-0.3, -0.25) is 9.59 Å². The molecule has 0 aromatic heterocycles. The van der Waals surface area contributed by atoms with Gasteiger partial charge in [-0.1, -0.05) is 64.0 Å². The Balaban J connectivity index is 4.13. The van der Waals surface area contributed by atoms with E-state index < -0.39 is 36.3 Å². The van der Waals surface area contributed by atoms with Crippen LogP contribution < -0.4 is 5.73 Å². The zero-order chi connectivity index (χ0) is 22.9. The third-order valence-corrected chi connectivity index (χ3v) is 5.01. The number of carbonyl (C=O) groups is 2. The van der Waals surface area contributed by atoms with Gasteiger partial charge in [0.05, 0.1) is 6.10 Å². The minimum atomic E-state index is -1.74. The molecule has 176 valence electrons. The molecule has 0 unspecified atom stereocenters. The highest BCUT2D eigenvalue weighted by Gasteiger charge is 2.36. The van der Waals surface area contributed by atoms with Crippen LogP contribution in [-0.2, 0) is 14.3 Å². The number of nitrogens with two attached hydrogens (primary N) is 1. The van der Waals surface area contributed by atoms with Crippen LogP contribution in [0.1, 0.15) is 84.5 Å². The second kappa shape index (κ2) is 17.2.